The summed E-state index contributed by atoms with van der Waals surface area (Å²) in [6.45, 7) is 0.473. The molecule has 104 valence electrons. The molecule has 0 aliphatic carbocycles. The van der Waals surface area contributed by atoms with E-state index in [1.807, 2.05) is 35.7 Å². The van der Waals surface area contributed by atoms with Gasteiger partial charge in [0.2, 0.25) is 5.91 Å². The van der Waals surface area contributed by atoms with E-state index >= 15 is 0 Å². The van der Waals surface area contributed by atoms with Crippen molar-refractivity contribution in [2.24, 2.45) is 5.73 Å². The summed E-state index contributed by atoms with van der Waals surface area (Å²) in [5, 5.41) is 2.63. The molecule has 2 aromatic rings. The van der Waals surface area contributed by atoms with Crippen molar-refractivity contribution in [3.63, 3.8) is 0 Å². The Balaban J connectivity index is 2.01. The largest absolute Gasteiger partial charge is 0.319 e. The maximum absolute atomic E-state index is 12.5. The molecule has 1 unspecified atom stereocenters. The van der Waals surface area contributed by atoms with E-state index in [9.17, 15) is 4.79 Å². The van der Waals surface area contributed by atoms with Gasteiger partial charge in [-0.05, 0) is 23.6 Å². The van der Waals surface area contributed by atoms with Crippen LogP contribution >= 0.6 is 34.7 Å². The third-order valence-electron chi connectivity index (χ3n) is 3.15. The zero-order chi connectivity index (χ0) is 14.1. The van der Waals surface area contributed by atoms with Gasteiger partial charge in [0, 0.05) is 15.5 Å². The Bertz CT molecular complexity index is 644. The van der Waals surface area contributed by atoms with E-state index in [1.54, 1.807) is 28.0 Å². The third kappa shape index (κ3) is 2.59. The Morgan fingerprint density at radius 1 is 1.35 bits per heavy atom. The lowest BCUT2D eigenvalue weighted by atomic mass is 10.2. The van der Waals surface area contributed by atoms with Gasteiger partial charge in [0.25, 0.3) is 0 Å². The number of halogens is 1. The number of nitrogens with zero attached hydrogens (tertiary/aromatic N) is 1. The molecule has 0 saturated carbocycles. The second-order valence-electron chi connectivity index (χ2n) is 4.50. The van der Waals surface area contributed by atoms with E-state index in [-0.39, 0.29) is 5.91 Å². The van der Waals surface area contributed by atoms with Crippen LogP contribution in [0.2, 0.25) is 5.02 Å². The molecule has 6 heteroatoms. The summed E-state index contributed by atoms with van der Waals surface area (Å²) in [4.78, 5) is 16.3. The predicted octanol–water partition coefficient (Wildman–Crippen LogP) is 3.37. The van der Waals surface area contributed by atoms with Crippen LogP contribution in [-0.2, 0) is 11.3 Å². The minimum absolute atomic E-state index is 0.0492. The second kappa shape index (κ2) is 5.77. The van der Waals surface area contributed by atoms with E-state index in [0.717, 1.165) is 15.5 Å². The van der Waals surface area contributed by atoms with Gasteiger partial charge in [-0.1, -0.05) is 23.7 Å². The summed E-state index contributed by atoms with van der Waals surface area (Å²) < 4.78 is 0. The molecule has 0 saturated heterocycles. The average molecular weight is 325 g/mol. The number of hydrogen-bond acceptors (Lipinski definition) is 4. The molecule has 1 amide bonds. The minimum Gasteiger partial charge on any atom is -0.319 e. The number of hydrogen-bond donors (Lipinski definition) is 1. The van der Waals surface area contributed by atoms with Crippen LogP contribution in [0.3, 0.4) is 0 Å². The van der Waals surface area contributed by atoms with Gasteiger partial charge in [-0.25, -0.2) is 0 Å². The number of benzene rings is 1. The molecule has 0 spiro atoms. The first-order chi connectivity index (χ1) is 9.66. The summed E-state index contributed by atoms with van der Waals surface area (Å²) in [5.74, 6) is 0.553. The van der Waals surface area contributed by atoms with Gasteiger partial charge in [-0.2, -0.15) is 0 Å². The number of fused-ring (bicyclic) bond motifs is 1. The Hall–Kier alpha value is -1.01. The van der Waals surface area contributed by atoms with Gasteiger partial charge in [0.1, 0.15) is 0 Å². The van der Waals surface area contributed by atoms with Gasteiger partial charge in [0.05, 0.1) is 23.3 Å². The number of thiophene rings is 1. The van der Waals surface area contributed by atoms with Gasteiger partial charge < -0.3 is 10.6 Å². The fourth-order valence-electron chi connectivity index (χ4n) is 2.12. The van der Waals surface area contributed by atoms with Crippen LogP contribution in [0.15, 0.2) is 40.6 Å². The van der Waals surface area contributed by atoms with Gasteiger partial charge in [-0.15, -0.1) is 23.1 Å². The number of rotatable bonds is 2. The van der Waals surface area contributed by atoms with Crippen molar-refractivity contribution < 1.29 is 4.79 Å². The molecule has 1 aliphatic rings. The van der Waals surface area contributed by atoms with Crippen molar-refractivity contribution in [3.05, 3.63) is 45.6 Å². The molecule has 1 aliphatic heterocycles. The minimum atomic E-state index is -0.480. The summed E-state index contributed by atoms with van der Waals surface area (Å²) in [6, 6.07) is 9.26. The highest BCUT2D eigenvalue weighted by atomic mass is 35.5. The first-order valence-electron chi connectivity index (χ1n) is 6.17. The number of anilines is 1. The topological polar surface area (TPSA) is 46.3 Å². The second-order valence-corrected chi connectivity index (χ2v) is 6.97. The van der Waals surface area contributed by atoms with Crippen LogP contribution in [0.4, 0.5) is 5.69 Å². The quantitative estimate of drug-likeness (QED) is 0.921. The lowest BCUT2D eigenvalue weighted by molar-refractivity contribution is -0.119. The standard InChI is InChI=1S/C14H13ClN2OS2/c15-9-5-6-19-13(9)7-17-11-3-1-2-4-12(11)20-8-10(16)14(17)18/h1-6,10H,7-8,16H2. The Morgan fingerprint density at radius 2 is 2.15 bits per heavy atom. The van der Waals surface area contributed by atoms with Crippen molar-refractivity contribution in [1.29, 1.82) is 0 Å². The van der Waals surface area contributed by atoms with Crippen LogP contribution < -0.4 is 10.6 Å². The lowest BCUT2D eigenvalue weighted by Gasteiger charge is -2.23. The average Bonchev–Trinajstić information content (AvgIpc) is 2.82. The van der Waals surface area contributed by atoms with Crippen LogP contribution in [0.5, 0.6) is 0 Å². The molecular weight excluding hydrogens is 312 g/mol. The summed E-state index contributed by atoms with van der Waals surface area (Å²) in [6.07, 6.45) is 0. The molecule has 1 aromatic heterocycles. The molecule has 20 heavy (non-hydrogen) atoms. The lowest BCUT2D eigenvalue weighted by Crippen LogP contribution is -2.43. The molecule has 3 nitrogen and oxygen atoms in total. The number of carbonyl (C=O) groups excluding carboxylic acids is 1. The monoisotopic (exact) mass is 324 g/mol. The van der Waals surface area contributed by atoms with Gasteiger partial charge in [0.15, 0.2) is 0 Å². The smallest absolute Gasteiger partial charge is 0.245 e. The fraction of sp³-hybridized carbons (Fsp3) is 0.214. The maximum Gasteiger partial charge on any atom is 0.245 e. The van der Waals surface area contributed by atoms with Crippen molar-refractivity contribution in [3.8, 4) is 0 Å². The normalized spacial score (nSPS) is 18.8. The molecule has 2 heterocycles. The number of thioether (sulfide) groups is 1. The maximum atomic E-state index is 12.5. The summed E-state index contributed by atoms with van der Waals surface area (Å²) >= 11 is 9.33. The van der Waals surface area contributed by atoms with Crippen molar-refractivity contribution in [1.82, 2.24) is 0 Å². The van der Waals surface area contributed by atoms with E-state index in [1.165, 1.54) is 0 Å². The van der Waals surface area contributed by atoms with Crippen molar-refractivity contribution >= 4 is 46.3 Å². The van der Waals surface area contributed by atoms with Crippen LogP contribution in [0.1, 0.15) is 4.88 Å². The highest BCUT2D eigenvalue weighted by Gasteiger charge is 2.28. The van der Waals surface area contributed by atoms with E-state index < -0.39 is 6.04 Å². The summed E-state index contributed by atoms with van der Waals surface area (Å²) in [7, 11) is 0. The molecule has 0 radical (unpaired) electrons. The van der Waals surface area contributed by atoms with Crippen LogP contribution in [0, 0.1) is 0 Å². The number of amides is 1. The zero-order valence-electron chi connectivity index (χ0n) is 10.6. The molecule has 1 atom stereocenters. The molecule has 1 aromatic carbocycles. The van der Waals surface area contributed by atoms with E-state index in [0.29, 0.717) is 17.3 Å². The van der Waals surface area contributed by atoms with Crippen molar-refractivity contribution in [2.75, 3.05) is 10.7 Å². The molecular formula is C14H13ClN2OS2. The fourth-order valence-corrected chi connectivity index (χ4v) is 4.20. The van der Waals surface area contributed by atoms with Crippen LogP contribution in [0.25, 0.3) is 0 Å². The first kappa shape index (κ1) is 13.9. The number of nitrogens with two attached hydrogens (primary N) is 1. The summed E-state index contributed by atoms with van der Waals surface area (Å²) in [5.41, 5.74) is 6.89. The van der Waals surface area contributed by atoms with Gasteiger partial charge >= 0.3 is 0 Å². The molecule has 0 fully saturated rings. The zero-order valence-corrected chi connectivity index (χ0v) is 13.0. The van der Waals surface area contributed by atoms with E-state index in [4.69, 9.17) is 17.3 Å². The van der Waals surface area contributed by atoms with Crippen LogP contribution in [-0.4, -0.2) is 17.7 Å². The Morgan fingerprint density at radius 3 is 2.90 bits per heavy atom. The highest BCUT2D eigenvalue weighted by Crippen LogP contribution is 2.36. The molecule has 3 rings (SSSR count). The molecule has 2 N–H and O–H groups in total. The van der Waals surface area contributed by atoms with E-state index in [2.05, 4.69) is 0 Å². The number of carbonyl (C=O) groups is 1. The van der Waals surface area contributed by atoms with Gasteiger partial charge in [-0.3, -0.25) is 4.79 Å². The third-order valence-corrected chi connectivity index (χ3v) is 5.70. The predicted molar refractivity (Wildman–Crippen MR) is 85.7 cm³/mol. The Labute approximate surface area is 130 Å². The first-order valence-corrected chi connectivity index (χ1v) is 8.42. The molecule has 0 bridgehead atoms. The Kier molecular flexibility index (Phi) is 4.03. The number of para-hydroxylation sites is 1. The SMILES string of the molecule is NC1CSc2ccccc2N(Cc2sccc2Cl)C1=O. The highest BCUT2D eigenvalue weighted by molar-refractivity contribution is 7.99. The van der Waals surface area contributed by atoms with Crippen molar-refractivity contribution in [2.45, 2.75) is 17.5 Å².